The number of hydrogen-bond acceptors (Lipinski definition) is 6. The van der Waals surface area contributed by atoms with Gasteiger partial charge in [0.1, 0.15) is 6.54 Å². The zero-order chi connectivity index (χ0) is 17.1. The third-order valence-electron chi connectivity index (χ3n) is 4.50. The summed E-state index contributed by atoms with van der Waals surface area (Å²) < 4.78 is 6.57. The van der Waals surface area contributed by atoms with Crippen LogP contribution in [0.15, 0.2) is 4.52 Å². The maximum absolute atomic E-state index is 12.2. The maximum atomic E-state index is 12.2. The molecule has 9 nitrogen and oxygen atoms in total. The van der Waals surface area contributed by atoms with Crippen molar-refractivity contribution < 1.29 is 9.32 Å². The van der Waals surface area contributed by atoms with Gasteiger partial charge in [-0.3, -0.25) is 5.32 Å². The third kappa shape index (κ3) is 3.72. The van der Waals surface area contributed by atoms with E-state index in [0.717, 1.165) is 25.0 Å². The summed E-state index contributed by atoms with van der Waals surface area (Å²) >= 11 is 0. The first kappa shape index (κ1) is 16.4. The number of amides is 2. The molecule has 1 fully saturated rings. The summed E-state index contributed by atoms with van der Waals surface area (Å²) in [6.07, 6.45) is 4.58. The van der Waals surface area contributed by atoms with Gasteiger partial charge in [-0.25, -0.2) is 9.48 Å². The van der Waals surface area contributed by atoms with E-state index < -0.39 is 0 Å². The minimum atomic E-state index is -0.237. The van der Waals surface area contributed by atoms with E-state index in [0.29, 0.717) is 30.0 Å². The van der Waals surface area contributed by atoms with Crippen LogP contribution in [-0.2, 0) is 6.54 Å². The number of nitrogens with one attached hydrogen (secondary N) is 2. The SMILES string of the molecule is Cc1nc(Cn2nnc(NC(=O)N[C@@H]3CCCC[C@H]3C)c2C)no1. The Labute approximate surface area is 140 Å². The Morgan fingerprint density at radius 2 is 2.12 bits per heavy atom. The molecule has 0 aliphatic heterocycles. The van der Waals surface area contributed by atoms with Gasteiger partial charge < -0.3 is 9.84 Å². The largest absolute Gasteiger partial charge is 0.340 e. The van der Waals surface area contributed by atoms with E-state index >= 15 is 0 Å². The lowest BCUT2D eigenvalue weighted by molar-refractivity contribution is 0.232. The van der Waals surface area contributed by atoms with Crippen molar-refractivity contribution in [2.24, 2.45) is 5.92 Å². The minimum absolute atomic E-state index is 0.219. The minimum Gasteiger partial charge on any atom is -0.340 e. The Hall–Kier alpha value is -2.45. The molecular formula is C15H23N7O2. The summed E-state index contributed by atoms with van der Waals surface area (Å²) in [5, 5.41) is 17.7. The fourth-order valence-electron chi connectivity index (χ4n) is 3.01. The van der Waals surface area contributed by atoms with Crippen LogP contribution < -0.4 is 10.6 Å². The Morgan fingerprint density at radius 3 is 2.83 bits per heavy atom. The van der Waals surface area contributed by atoms with Crippen LogP contribution in [0.25, 0.3) is 0 Å². The second-order valence-corrected chi connectivity index (χ2v) is 6.38. The molecule has 0 unspecified atom stereocenters. The second kappa shape index (κ2) is 6.98. The highest BCUT2D eigenvalue weighted by Gasteiger charge is 2.23. The van der Waals surface area contributed by atoms with Gasteiger partial charge in [-0.1, -0.05) is 30.1 Å². The Bertz CT molecular complexity index is 708. The van der Waals surface area contributed by atoms with E-state index in [4.69, 9.17) is 4.52 Å². The van der Waals surface area contributed by atoms with Crippen molar-refractivity contribution in [2.45, 2.75) is 59.0 Å². The van der Waals surface area contributed by atoms with Gasteiger partial charge in [0.2, 0.25) is 5.89 Å². The molecule has 0 aromatic carbocycles. The predicted molar refractivity (Wildman–Crippen MR) is 86.5 cm³/mol. The number of carbonyl (C=O) groups is 1. The van der Waals surface area contributed by atoms with Crippen LogP contribution >= 0.6 is 0 Å². The Morgan fingerprint density at radius 1 is 1.33 bits per heavy atom. The summed E-state index contributed by atoms with van der Waals surface area (Å²) in [5.74, 6) is 1.97. The number of aromatic nitrogens is 5. The lowest BCUT2D eigenvalue weighted by Crippen LogP contribution is -2.43. The van der Waals surface area contributed by atoms with Crippen LogP contribution in [-0.4, -0.2) is 37.2 Å². The molecule has 2 atom stereocenters. The summed E-state index contributed by atoms with van der Waals surface area (Å²) in [5.41, 5.74) is 0.740. The fraction of sp³-hybridized carbons (Fsp3) is 0.667. The molecule has 1 saturated carbocycles. The maximum Gasteiger partial charge on any atom is 0.320 e. The molecule has 1 aliphatic carbocycles. The molecule has 0 spiro atoms. The average Bonchev–Trinajstić information content (AvgIpc) is 3.10. The van der Waals surface area contributed by atoms with Crippen molar-refractivity contribution in [2.75, 3.05) is 5.32 Å². The van der Waals surface area contributed by atoms with E-state index in [1.807, 2.05) is 6.92 Å². The molecule has 0 bridgehead atoms. The van der Waals surface area contributed by atoms with Crippen LogP contribution in [0.5, 0.6) is 0 Å². The van der Waals surface area contributed by atoms with Crippen molar-refractivity contribution in [1.82, 2.24) is 30.5 Å². The monoisotopic (exact) mass is 333 g/mol. The van der Waals surface area contributed by atoms with Gasteiger partial charge in [-0.05, 0) is 25.7 Å². The highest BCUT2D eigenvalue weighted by Crippen LogP contribution is 2.23. The van der Waals surface area contributed by atoms with Crippen LogP contribution in [0.3, 0.4) is 0 Å². The van der Waals surface area contributed by atoms with Crippen LogP contribution in [0.1, 0.15) is 50.0 Å². The van der Waals surface area contributed by atoms with Gasteiger partial charge in [-0.2, -0.15) is 4.98 Å². The number of aryl methyl sites for hydroxylation is 1. The van der Waals surface area contributed by atoms with Crippen molar-refractivity contribution >= 4 is 11.8 Å². The van der Waals surface area contributed by atoms with Gasteiger partial charge in [0, 0.05) is 13.0 Å². The van der Waals surface area contributed by atoms with Crippen molar-refractivity contribution in [1.29, 1.82) is 0 Å². The number of nitrogens with zero attached hydrogens (tertiary/aromatic N) is 5. The molecule has 2 aromatic rings. The molecule has 3 rings (SSSR count). The summed E-state index contributed by atoms with van der Waals surface area (Å²) in [6, 6.07) is -0.0179. The number of hydrogen-bond donors (Lipinski definition) is 2. The number of anilines is 1. The quantitative estimate of drug-likeness (QED) is 0.885. The first-order chi connectivity index (χ1) is 11.5. The van der Waals surface area contributed by atoms with Crippen LogP contribution in [0.2, 0.25) is 0 Å². The highest BCUT2D eigenvalue weighted by molar-refractivity contribution is 5.88. The van der Waals surface area contributed by atoms with Gasteiger partial charge in [0.15, 0.2) is 11.6 Å². The average molecular weight is 333 g/mol. The molecule has 0 saturated heterocycles. The van der Waals surface area contributed by atoms with Crippen LogP contribution in [0, 0.1) is 19.8 Å². The van der Waals surface area contributed by atoms with Crippen molar-refractivity contribution in [3.8, 4) is 0 Å². The molecule has 0 radical (unpaired) electrons. The lowest BCUT2D eigenvalue weighted by atomic mass is 9.86. The zero-order valence-corrected chi connectivity index (χ0v) is 14.2. The van der Waals surface area contributed by atoms with Crippen molar-refractivity contribution in [3.63, 3.8) is 0 Å². The predicted octanol–water partition coefficient (Wildman–Crippen LogP) is 2.03. The first-order valence-electron chi connectivity index (χ1n) is 8.29. The standard InChI is InChI=1S/C15H23N7O2/c1-9-6-4-5-7-12(9)17-15(23)18-14-10(2)22(21-19-14)8-13-16-11(3)24-20-13/h9,12H,4-8H2,1-3H3,(H2,17,18,23)/t9-,12-/m1/s1. The lowest BCUT2D eigenvalue weighted by Gasteiger charge is -2.29. The van der Waals surface area contributed by atoms with Gasteiger partial charge >= 0.3 is 6.03 Å². The first-order valence-corrected chi connectivity index (χ1v) is 8.29. The van der Waals surface area contributed by atoms with E-state index in [1.54, 1.807) is 11.6 Å². The molecule has 2 N–H and O–H groups in total. The van der Waals surface area contributed by atoms with Crippen LogP contribution in [0.4, 0.5) is 10.6 Å². The van der Waals surface area contributed by atoms with Crippen molar-refractivity contribution in [3.05, 3.63) is 17.4 Å². The van der Waals surface area contributed by atoms with E-state index in [1.165, 1.54) is 6.42 Å². The summed E-state index contributed by atoms with van der Waals surface area (Å²) in [6.45, 7) is 6.09. The molecule has 130 valence electrons. The molecule has 9 heteroatoms. The molecular weight excluding hydrogens is 310 g/mol. The Balaban J connectivity index is 1.60. The van der Waals surface area contributed by atoms with Gasteiger partial charge in [0.25, 0.3) is 0 Å². The fourth-order valence-corrected chi connectivity index (χ4v) is 3.01. The third-order valence-corrected chi connectivity index (χ3v) is 4.50. The number of rotatable bonds is 4. The molecule has 2 amide bonds. The zero-order valence-electron chi connectivity index (χ0n) is 14.2. The van der Waals surface area contributed by atoms with E-state index in [9.17, 15) is 4.79 Å². The normalized spacial score (nSPS) is 20.8. The topological polar surface area (TPSA) is 111 Å². The highest BCUT2D eigenvalue weighted by atomic mass is 16.5. The van der Waals surface area contributed by atoms with Gasteiger partial charge in [0.05, 0.1) is 5.69 Å². The Kier molecular flexibility index (Phi) is 4.77. The summed E-state index contributed by atoms with van der Waals surface area (Å²) in [4.78, 5) is 16.3. The van der Waals surface area contributed by atoms with E-state index in [-0.39, 0.29) is 12.1 Å². The number of urea groups is 1. The summed E-state index contributed by atoms with van der Waals surface area (Å²) in [7, 11) is 0. The number of carbonyl (C=O) groups excluding carboxylic acids is 1. The molecule has 2 aromatic heterocycles. The molecule has 2 heterocycles. The molecule has 24 heavy (non-hydrogen) atoms. The molecule has 1 aliphatic rings. The second-order valence-electron chi connectivity index (χ2n) is 6.38. The van der Waals surface area contributed by atoms with Gasteiger partial charge in [-0.15, -0.1) is 5.10 Å². The van der Waals surface area contributed by atoms with E-state index in [2.05, 4.69) is 38.0 Å². The smallest absolute Gasteiger partial charge is 0.320 e.